The molecule has 1 aliphatic heterocycles. The van der Waals surface area contributed by atoms with Crippen LogP contribution < -0.4 is 4.90 Å². The van der Waals surface area contributed by atoms with Gasteiger partial charge in [0.1, 0.15) is 0 Å². The molecule has 1 atom stereocenters. The van der Waals surface area contributed by atoms with Gasteiger partial charge in [-0.3, -0.25) is 4.79 Å². The maximum atomic E-state index is 12.9. The number of amides is 1. The molecule has 0 spiro atoms. The molecule has 180 valence electrons. The number of fused-ring (bicyclic) bond motifs is 1. The lowest BCUT2D eigenvalue weighted by Crippen LogP contribution is -2.49. The monoisotopic (exact) mass is 495 g/mol. The molecule has 2 aromatic heterocycles. The number of rotatable bonds is 6. The number of thioether (sulfide) groups is 1. The minimum atomic E-state index is 0.177. The van der Waals surface area contributed by atoms with Crippen molar-refractivity contribution in [3.05, 3.63) is 46.3 Å². The lowest BCUT2D eigenvalue weighted by Gasteiger charge is -2.36. The van der Waals surface area contributed by atoms with E-state index in [-0.39, 0.29) is 5.91 Å². The molecule has 1 amide bonds. The molecular formula is C26H33N5OS2. The summed E-state index contributed by atoms with van der Waals surface area (Å²) in [4.78, 5) is 19.9. The molecule has 0 bridgehead atoms. The first-order chi connectivity index (χ1) is 16.5. The standard InChI is InChI=1S/C26H33N5OS2/c1-4-19-8-9-22-20(15-19)16-23(34-22)25-27-28-26(29(25)3)33-17-24(32)31-12-10-30(11-13-31)21-7-5-6-18(2)14-21/h5-7,14,16,19H,4,8-13,15,17H2,1-3H3. The van der Waals surface area contributed by atoms with E-state index in [1.54, 1.807) is 0 Å². The first-order valence-corrected chi connectivity index (χ1v) is 14.1. The number of benzene rings is 1. The van der Waals surface area contributed by atoms with E-state index >= 15 is 0 Å². The first kappa shape index (κ1) is 23.4. The van der Waals surface area contributed by atoms with E-state index < -0.39 is 0 Å². The summed E-state index contributed by atoms with van der Waals surface area (Å²) in [5.41, 5.74) is 4.01. The maximum absolute atomic E-state index is 12.9. The third-order valence-electron chi connectivity index (χ3n) is 7.14. The van der Waals surface area contributed by atoms with Gasteiger partial charge < -0.3 is 14.4 Å². The molecule has 1 aliphatic carbocycles. The third-order valence-corrected chi connectivity index (χ3v) is 9.38. The summed E-state index contributed by atoms with van der Waals surface area (Å²) < 4.78 is 2.04. The normalized spacial score (nSPS) is 18.3. The van der Waals surface area contributed by atoms with E-state index in [9.17, 15) is 4.79 Å². The Morgan fingerprint density at radius 2 is 2.00 bits per heavy atom. The molecular weight excluding hydrogens is 462 g/mol. The van der Waals surface area contributed by atoms with Gasteiger partial charge in [0.25, 0.3) is 0 Å². The van der Waals surface area contributed by atoms with Crippen LogP contribution in [0.25, 0.3) is 10.7 Å². The Kier molecular flexibility index (Phi) is 6.97. The van der Waals surface area contributed by atoms with Gasteiger partial charge in [-0.05, 0) is 61.4 Å². The largest absolute Gasteiger partial charge is 0.368 e. The summed E-state index contributed by atoms with van der Waals surface area (Å²) in [7, 11) is 2.01. The van der Waals surface area contributed by atoms with Crippen LogP contribution in [0.5, 0.6) is 0 Å². The van der Waals surface area contributed by atoms with Crippen LogP contribution in [0.2, 0.25) is 0 Å². The van der Waals surface area contributed by atoms with Crippen LogP contribution in [0.1, 0.15) is 35.8 Å². The minimum absolute atomic E-state index is 0.177. The van der Waals surface area contributed by atoms with Crippen molar-refractivity contribution in [1.82, 2.24) is 19.7 Å². The maximum Gasteiger partial charge on any atom is 0.233 e. The second-order valence-corrected chi connectivity index (χ2v) is 11.5. The number of carbonyl (C=O) groups is 1. The first-order valence-electron chi connectivity index (χ1n) is 12.3. The average molecular weight is 496 g/mol. The van der Waals surface area contributed by atoms with E-state index in [0.717, 1.165) is 43.1 Å². The zero-order valence-corrected chi connectivity index (χ0v) is 21.9. The van der Waals surface area contributed by atoms with Gasteiger partial charge in [-0.15, -0.1) is 21.5 Å². The number of hydrogen-bond acceptors (Lipinski definition) is 6. The van der Waals surface area contributed by atoms with Crippen molar-refractivity contribution in [1.29, 1.82) is 0 Å². The van der Waals surface area contributed by atoms with Crippen molar-refractivity contribution in [2.24, 2.45) is 13.0 Å². The molecule has 2 aliphatic rings. The van der Waals surface area contributed by atoms with Crippen molar-refractivity contribution in [2.75, 3.05) is 36.8 Å². The molecule has 1 fully saturated rings. The molecule has 0 radical (unpaired) electrons. The van der Waals surface area contributed by atoms with Crippen LogP contribution in [-0.4, -0.2) is 57.5 Å². The average Bonchev–Trinajstić information content (AvgIpc) is 3.44. The van der Waals surface area contributed by atoms with E-state index in [1.807, 2.05) is 27.9 Å². The van der Waals surface area contributed by atoms with Gasteiger partial charge in [0, 0.05) is 43.8 Å². The second kappa shape index (κ2) is 10.1. The molecule has 8 heteroatoms. The Hall–Kier alpha value is -2.32. The number of carbonyl (C=O) groups excluding carboxylic acids is 1. The van der Waals surface area contributed by atoms with E-state index in [4.69, 9.17) is 0 Å². The van der Waals surface area contributed by atoms with Crippen molar-refractivity contribution in [2.45, 2.75) is 44.7 Å². The number of piperazine rings is 1. The highest BCUT2D eigenvalue weighted by molar-refractivity contribution is 7.99. The van der Waals surface area contributed by atoms with E-state index in [0.29, 0.717) is 5.75 Å². The van der Waals surface area contributed by atoms with Gasteiger partial charge in [-0.25, -0.2) is 0 Å². The smallest absolute Gasteiger partial charge is 0.233 e. The van der Waals surface area contributed by atoms with Crippen LogP contribution in [0, 0.1) is 12.8 Å². The molecule has 3 aromatic rings. The van der Waals surface area contributed by atoms with Crippen LogP contribution in [0.15, 0.2) is 35.5 Å². The Morgan fingerprint density at radius 3 is 2.76 bits per heavy atom. The highest BCUT2D eigenvalue weighted by Gasteiger charge is 2.24. The van der Waals surface area contributed by atoms with Crippen LogP contribution in [-0.2, 0) is 24.7 Å². The fourth-order valence-corrected chi connectivity index (χ4v) is 7.01. The molecule has 1 saturated heterocycles. The van der Waals surface area contributed by atoms with Crippen molar-refractivity contribution in [3.8, 4) is 10.7 Å². The molecule has 1 aromatic carbocycles. The molecule has 5 rings (SSSR count). The number of aryl methyl sites for hydroxylation is 2. The predicted octanol–water partition coefficient (Wildman–Crippen LogP) is 4.81. The van der Waals surface area contributed by atoms with Gasteiger partial charge in [0.15, 0.2) is 11.0 Å². The summed E-state index contributed by atoms with van der Waals surface area (Å²) in [5, 5.41) is 9.70. The van der Waals surface area contributed by atoms with E-state index in [1.165, 1.54) is 64.0 Å². The number of thiophene rings is 1. The zero-order valence-electron chi connectivity index (χ0n) is 20.3. The number of hydrogen-bond donors (Lipinski definition) is 0. The van der Waals surface area contributed by atoms with Gasteiger partial charge in [0.2, 0.25) is 5.91 Å². The molecule has 3 heterocycles. The molecule has 6 nitrogen and oxygen atoms in total. The SMILES string of the molecule is CCC1CCc2sc(-c3nnc(SCC(=O)N4CCN(c5cccc(C)c5)CC4)n3C)cc2C1. The number of nitrogens with zero attached hydrogens (tertiary/aromatic N) is 5. The van der Waals surface area contributed by atoms with Crippen LogP contribution in [0.4, 0.5) is 5.69 Å². The lowest BCUT2D eigenvalue weighted by molar-refractivity contribution is -0.128. The Bertz CT molecular complexity index is 1160. The summed E-state index contributed by atoms with van der Waals surface area (Å²) in [6, 6.07) is 10.9. The summed E-state index contributed by atoms with van der Waals surface area (Å²) in [6.45, 7) is 7.67. The molecule has 0 saturated carbocycles. The minimum Gasteiger partial charge on any atom is -0.368 e. The highest BCUT2D eigenvalue weighted by atomic mass is 32.2. The second-order valence-electron chi connectivity index (χ2n) is 9.44. The van der Waals surface area contributed by atoms with Gasteiger partial charge in [-0.2, -0.15) is 0 Å². The van der Waals surface area contributed by atoms with Crippen molar-refractivity contribution >= 4 is 34.7 Å². The highest BCUT2D eigenvalue weighted by Crippen LogP contribution is 2.38. The zero-order chi connectivity index (χ0) is 23.7. The van der Waals surface area contributed by atoms with Crippen molar-refractivity contribution < 1.29 is 4.79 Å². The number of aromatic nitrogens is 3. The lowest BCUT2D eigenvalue weighted by atomic mass is 9.87. The van der Waals surface area contributed by atoms with Crippen LogP contribution in [0.3, 0.4) is 0 Å². The Morgan fingerprint density at radius 1 is 1.18 bits per heavy atom. The van der Waals surface area contributed by atoms with Gasteiger partial charge in [0.05, 0.1) is 10.6 Å². The summed E-state index contributed by atoms with van der Waals surface area (Å²) in [6.07, 6.45) is 4.92. The third kappa shape index (κ3) is 4.89. The summed E-state index contributed by atoms with van der Waals surface area (Å²) in [5.74, 6) is 2.30. The fraction of sp³-hybridized carbons (Fsp3) is 0.500. The molecule has 34 heavy (non-hydrogen) atoms. The quantitative estimate of drug-likeness (QED) is 0.460. The fourth-order valence-electron chi connectivity index (χ4n) is 4.97. The predicted molar refractivity (Wildman–Crippen MR) is 141 cm³/mol. The summed E-state index contributed by atoms with van der Waals surface area (Å²) >= 11 is 3.35. The topological polar surface area (TPSA) is 54.3 Å². The van der Waals surface area contributed by atoms with Crippen molar-refractivity contribution in [3.63, 3.8) is 0 Å². The number of anilines is 1. The Labute approximate surface area is 210 Å². The van der Waals surface area contributed by atoms with Crippen LogP contribution >= 0.6 is 23.1 Å². The van der Waals surface area contributed by atoms with E-state index in [2.05, 4.69) is 59.3 Å². The van der Waals surface area contributed by atoms with Gasteiger partial charge >= 0.3 is 0 Å². The van der Waals surface area contributed by atoms with Gasteiger partial charge in [-0.1, -0.05) is 37.2 Å². The Balaban J connectivity index is 1.17. The molecule has 1 unspecified atom stereocenters. The molecule has 0 N–H and O–H groups in total.